The summed E-state index contributed by atoms with van der Waals surface area (Å²) >= 11 is 0. The highest BCUT2D eigenvalue weighted by molar-refractivity contribution is 5.72. The number of esters is 1. The standard InChI is InChI=1S/C9H14N2O3/c1-4-14-8(12)5-7-6(2)11(3)10-9(7)13/h4-5H2,1-3H3,(H,10,13). The van der Waals surface area contributed by atoms with Gasteiger partial charge in [0.1, 0.15) is 0 Å². The summed E-state index contributed by atoms with van der Waals surface area (Å²) in [4.78, 5) is 22.5. The van der Waals surface area contributed by atoms with Crippen LogP contribution in [0.4, 0.5) is 0 Å². The molecule has 1 N–H and O–H groups in total. The lowest BCUT2D eigenvalue weighted by Crippen LogP contribution is -2.14. The summed E-state index contributed by atoms with van der Waals surface area (Å²) < 4.78 is 6.36. The Labute approximate surface area is 81.7 Å². The van der Waals surface area contributed by atoms with Crippen LogP contribution >= 0.6 is 0 Å². The van der Waals surface area contributed by atoms with Gasteiger partial charge in [0.15, 0.2) is 0 Å². The molecule has 14 heavy (non-hydrogen) atoms. The van der Waals surface area contributed by atoms with Crippen molar-refractivity contribution in [3.8, 4) is 0 Å². The molecule has 1 rings (SSSR count). The minimum Gasteiger partial charge on any atom is -0.466 e. The van der Waals surface area contributed by atoms with Crippen molar-refractivity contribution in [2.75, 3.05) is 6.61 Å². The van der Waals surface area contributed by atoms with E-state index in [1.54, 1.807) is 25.6 Å². The summed E-state index contributed by atoms with van der Waals surface area (Å²) in [7, 11) is 1.73. The van der Waals surface area contributed by atoms with Gasteiger partial charge in [0, 0.05) is 12.7 Å². The molecule has 0 atom stereocenters. The number of nitrogens with zero attached hydrogens (tertiary/aromatic N) is 1. The number of aromatic nitrogens is 2. The van der Waals surface area contributed by atoms with E-state index in [4.69, 9.17) is 4.74 Å². The number of ether oxygens (including phenoxy) is 1. The van der Waals surface area contributed by atoms with Crippen LogP contribution in [0.2, 0.25) is 0 Å². The van der Waals surface area contributed by atoms with Crippen molar-refractivity contribution in [1.29, 1.82) is 0 Å². The van der Waals surface area contributed by atoms with Crippen LogP contribution in [0.25, 0.3) is 0 Å². The predicted molar refractivity (Wildman–Crippen MR) is 51.1 cm³/mol. The molecule has 1 heterocycles. The van der Waals surface area contributed by atoms with E-state index >= 15 is 0 Å². The molecule has 0 unspecified atom stereocenters. The van der Waals surface area contributed by atoms with Crippen molar-refractivity contribution in [1.82, 2.24) is 9.78 Å². The first kappa shape index (κ1) is 10.6. The zero-order chi connectivity index (χ0) is 10.7. The van der Waals surface area contributed by atoms with Crippen molar-refractivity contribution in [2.24, 2.45) is 7.05 Å². The van der Waals surface area contributed by atoms with Gasteiger partial charge in [-0.1, -0.05) is 0 Å². The van der Waals surface area contributed by atoms with E-state index in [9.17, 15) is 9.59 Å². The van der Waals surface area contributed by atoms with E-state index in [0.29, 0.717) is 12.2 Å². The molecule has 0 aliphatic carbocycles. The molecule has 1 aromatic rings. The van der Waals surface area contributed by atoms with Crippen molar-refractivity contribution in [3.63, 3.8) is 0 Å². The third-order valence-electron chi connectivity index (χ3n) is 2.11. The predicted octanol–water partition coefficient (Wildman–Crippen LogP) is 0.127. The maximum Gasteiger partial charge on any atom is 0.310 e. The Morgan fingerprint density at radius 2 is 2.21 bits per heavy atom. The van der Waals surface area contributed by atoms with Gasteiger partial charge in [0.2, 0.25) is 0 Å². The van der Waals surface area contributed by atoms with E-state index in [1.165, 1.54) is 0 Å². The molecule has 0 amide bonds. The third kappa shape index (κ3) is 2.04. The Balaban J connectivity index is 2.86. The fourth-order valence-electron chi connectivity index (χ4n) is 1.23. The minimum absolute atomic E-state index is 0.0375. The van der Waals surface area contributed by atoms with Crippen molar-refractivity contribution >= 4 is 5.97 Å². The van der Waals surface area contributed by atoms with Crippen LogP contribution in [0, 0.1) is 6.92 Å². The number of aryl methyl sites for hydroxylation is 1. The monoisotopic (exact) mass is 198 g/mol. The Morgan fingerprint density at radius 1 is 1.57 bits per heavy atom. The summed E-state index contributed by atoms with van der Waals surface area (Å²) in [5.41, 5.74) is 1.02. The van der Waals surface area contributed by atoms with E-state index < -0.39 is 0 Å². The lowest BCUT2D eigenvalue weighted by atomic mass is 10.2. The average Bonchev–Trinajstić information content (AvgIpc) is 2.33. The van der Waals surface area contributed by atoms with Crippen LogP contribution in [0.5, 0.6) is 0 Å². The van der Waals surface area contributed by atoms with E-state index in [2.05, 4.69) is 5.10 Å². The highest BCUT2D eigenvalue weighted by atomic mass is 16.5. The molecular weight excluding hydrogens is 184 g/mol. The second-order valence-corrected chi connectivity index (χ2v) is 3.05. The van der Waals surface area contributed by atoms with Gasteiger partial charge >= 0.3 is 5.97 Å². The fourth-order valence-corrected chi connectivity index (χ4v) is 1.23. The number of rotatable bonds is 3. The van der Waals surface area contributed by atoms with Crippen LogP contribution in [-0.4, -0.2) is 22.4 Å². The molecule has 5 nitrogen and oxygen atoms in total. The van der Waals surface area contributed by atoms with Crippen LogP contribution < -0.4 is 5.56 Å². The van der Waals surface area contributed by atoms with Gasteiger partial charge in [-0.3, -0.25) is 19.4 Å². The minimum atomic E-state index is -0.368. The van der Waals surface area contributed by atoms with Crippen molar-refractivity contribution < 1.29 is 9.53 Å². The summed E-state index contributed by atoms with van der Waals surface area (Å²) in [6, 6.07) is 0. The first-order chi connectivity index (χ1) is 6.56. The first-order valence-corrected chi connectivity index (χ1v) is 4.46. The maximum absolute atomic E-state index is 11.3. The normalized spacial score (nSPS) is 10.2. The topological polar surface area (TPSA) is 64.1 Å². The molecule has 0 bridgehead atoms. The molecule has 5 heteroatoms. The average molecular weight is 198 g/mol. The highest BCUT2D eigenvalue weighted by Gasteiger charge is 2.13. The highest BCUT2D eigenvalue weighted by Crippen LogP contribution is 2.02. The van der Waals surface area contributed by atoms with Gasteiger partial charge in [0.05, 0.1) is 18.6 Å². The molecule has 0 fully saturated rings. The third-order valence-corrected chi connectivity index (χ3v) is 2.11. The van der Waals surface area contributed by atoms with E-state index in [0.717, 1.165) is 5.69 Å². The lowest BCUT2D eigenvalue weighted by molar-refractivity contribution is -0.142. The number of hydrogen-bond donors (Lipinski definition) is 1. The number of H-pyrrole nitrogens is 1. The van der Waals surface area contributed by atoms with Crippen molar-refractivity contribution in [2.45, 2.75) is 20.3 Å². The summed E-state index contributed by atoms with van der Waals surface area (Å²) in [6.07, 6.45) is 0.0375. The van der Waals surface area contributed by atoms with Gasteiger partial charge in [-0.25, -0.2) is 0 Å². The molecule has 0 aliphatic heterocycles. The van der Waals surface area contributed by atoms with Gasteiger partial charge in [-0.2, -0.15) is 0 Å². The molecule has 0 spiro atoms. The van der Waals surface area contributed by atoms with Crippen LogP contribution in [0.15, 0.2) is 4.79 Å². The summed E-state index contributed by atoms with van der Waals surface area (Å²) in [6.45, 7) is 3.86. The number of aromatic amines is 1. The Kier molecular flexibility index (Phi) is 3.11. The molecule has 78 valence electrons. The Morgan fingerprint density at radius 3 is 2.64 bits per heavy atom. The zero-order valence-corrected chi connectivity index (χ0v) is 8.59. The van der Waals surface area contributed by atoms with Crippen LogP contribution in [-0.2, 0) is 23.0 Å². The molecule has 0 aromatic carbocycles. The Hall–Kier alpha value is -1.52. The van der Waals surface area contributed by atoms with Crippen molar-refractivity contribution in [3.05, 3.63) is 21.6 Å². The molecule has 1 aromatic heterocycles. The van der Waals surface area contributed by atoms with Gasteiger partial charge in [-0.15, -0.1) is 0 Å². The number of carbonyl (C=O) groups excluding carboxylic acids is 1. The largest absolute Gasteiger partial charge is 0.466 e. The Bertz CT molecular complexity index is 389. The first-order valence-electron chi connectivity index (χ1n) is 4.46. The molecule has 0 saturated carbocycles. The van der Waals surface area contributed by atoms with Gasteiger partial charge in [-0.05, 0) is 13.8 Å². The second kappa shape index (κ2) is 4.13. The zero-order valence-electron chi connectivity index (χ0n) is 8.59. The number of carbonyl (C=O) groups is 1. The van der Waals surface area contributed by atoms with E-state index in [-0.39, 0.29) is 17.9 Å². The van der Waals surface area contributed by atoms with Crippen LogP contribution in [0.1, 0.15) is 18.2 Å². The SMILES string of the molecule is CCOC(=O)Cc1c(C)n(C)[nH]c1=O. The van der Waals surface area contributed by atoms with Crippen LogP contribution in [0.3, 0.4) is 0 Å². The number of nitrogens with one attached hydrogen (secondary N) is 1. The molecular formula is C9H14N2O3. The summed E-state index contributed by atoms with van der Waals surface area (Å²) in [5.74, 6) is -0.368. The second-order valence-electron chi connectivity index (χ2n) is 3.05. The van der Waals surface area contributed by atoms with Gasteiger partial charge in [0.25, 0.3) is 5.56 Å². The fraction of sp³-hybridized carbons (Fsp3) is 0.556. The lowest BCUT2D eigenvalue weighted by Gasteiger charge is -2.00. The summed E-state index contributed by atoms with van der Waals surface area (Å²) in [5, 5.41) is 2.58. The molecule has 0 radical (unpaired) electrons. The quantitative estimate of drug-likeness (QED) is 0.702. The van der Waals surface area contributed by atoms with E-state index in [1.807, 2.05) is 0 Å². The molecule has 0 aliphatic rings. The smallest absolute Gasteiger partial charge is 0.310 e. The molecule has 0 saturated heterocycles. The maximum atomic E-state index is 11.3. The van der Waals surface area contributed by atoms with Gasteiger partial charge < -0.3 is 4.74 Å². The number of hydrogen-bond acceptors (Lipinski definition) is 3.